The third-order valence-electron chi connectivity index (χ3n) is 5.82. The van der Waals surface area contributed by atoms with Crippen LogP contribution in [-0.2, 0) is 4.79 Å². The van der Waals surface area contributed by atoms with Gasteiger partial charge in [-0.25, -0.2) is 4.98 Å². The number of carbonyl (C=O) groups is 2. The number of rotatable bonds is 4. The number of piperidine rings is 1. The van der Waals surface area contributed by atoms with E-state index < -0.39 is 0 Å². The van der Waals surface area contributed by atoms with Crippen molar-refractivity contribution in [2.45, 2.75) is 26.7 Å². The number of likely N-dealkylation sites (tertiary alicyclic amines) is 1. The Bertz CT molecular complexity index is 1290. The number of para-hydroxylation sites is 2. The van der Waals surface area contributed by atoms with Crippen molar-refractivity contribution in [3.05, 3.63) is 54.1 Å². The number of hydrogen-bond donors (Lipinski definition) is 2. The second kappa shape index (κ2) is 10.2. The van der Waals surface area contributed by atoms with Gasteiger partial charge in [0.05, 0.1) is 11.0 Å². The van der Waals surface area contributed by atoms with Crippen LogP contribution in [0.2, 0.25) is 0 Å². The lowest BCUT2D eigenvalue weighted by molar-refractivity contribution is -0.125. The molecule has 10 nitrogen and oxygen atoms in total. The zero-order chi connectivity index (χ0) is 24.1. The lowest BCUT2D eigenvalue weighted by Gasteiger charge is -2.31. The minimum atomic E-state index is -0.0280. The Hall–Kier alpha value is -4.08. The fourth-order valence-electron chi connectivity index (χ4n) is 4.05. The van der Waals surface area contributed by atoms with Gasteiger partial charge in [-0.2, -0.15) is 4.52 Å². The van der Waals surface area contributed by atoms with E-state index in [0.717, 1.165) is 16.7 Å². The molecule has 0 radical (unpaired) electrons. The Morgan fingerprint density at radius 3 is 2.41 bits per heavy atom. The fourth-order valence-corrected chi connectivity index (χ4v) is 4.05. The number of nitrogens with zero attached hydrogens (tertiary/aromatic N) is 6. The molecule has 34 heavy (non-hydrogen) atoms. The van der Waals surface area contributed by atoms with Crippen molar-refractivity contribution in [2.75, 3.05) is 25.5 Å². The Morgan fingerprint density at radius 2 is 1.71 bits per heavy atom. The highest BCUT2D eigenvalue weighted by molar-refractivity contribution is 5.95. The largest absolute Gasteiger partial charge is 0.359 e. The lowest BCUT2D eigenvalue weighted by Crippen LogP contribution is -2.42. The number of aromatic nitrogens is 5. The second-order valence-electron chi connectivity index (χ2n) is 7.75. The first-order valence-electron chi connectivity index (χ1n) is 11.5. The van der Waals surface area contributed by atoms with Gasteiger partial charge in [-0.15, -0.1) is 5.10 Å². The number of nitrogens with one attached hydrogen (secondary N) is 2. The Kier molecular flexibility index (Phi) is 6.95. The van der Waals surface area contributed by atoms with E-state index in [-0.39, 0.29) is 17.7 Å². The lowest BCUT2D eigenvalue weighted by atomic mass is 9.95. The average molecular weight is 461 g/mol. The van der Waals surface area contributed by atoms with Crippen molar-refractivity contribution in [3.8, 4) is 0 Å². The molecule has 2 aromatic heterocycles. The van der Waals surface area contributed by atoms with Gasteiger partial charge in [-0.1, -0.05) is 26.0 Å². The standard InChI is InChI=1S/C22H22N8O2.C2H6/c1-23-21(31)14-10-12-29(13-11-14)22(32)15-6-8-16(9-7-15)24-19-20-26-27-28-30(20)18-5-3-2-4-17(18)25-19;1-2/h2-9,14H,10-13H2,1H3,(H,23,31)(H,24,25);1-2H3. The summed E-state index contributed by atoms with van der Waals surface area (Å²) < 4.78 is 1.64. The molecule has 1 aliphatic rings. The average Bonchev–Trinajstić information content (AvgIpc) is 3.40. The fraction of sp³-hybridized carbons (Fsp3) is 0.333. The molecular weight excluding hydrogens is 432 g/mol. The van der Waals surface area contributed by atoms with Crippen molar-refractivity contribution in [3.63, 3.8) is 0 Å². The maximum Gasteiger partial charge on any atom is 0.253 e. The molecule has 0 bridgehead atoms. The number of amides is 2. The Balaban J connectivity index is 0.00000133. The quantitative estimate of drug-likeness (QED) is 0.481. The molecule has 4 aromatic rings. The molecule has 0 spiro atoms. The summed E-state index contributed by atoms with van der Waals surface area (Å²) in [5, 5.41) is 17.9. The summed E-state index contributed by atoms with van der Waals surface area (Å²) in [6, 6.07) is 14.9. The molecule has 1 saturated heterocycles. The van der Waals surface area contributed by atoms with Gasteiger partial charge in [0.25, 0.3) is 5.91 Å². The molecule has 3 heterocycles. The van der Waals surface area contributed by atoms with Crippen LogP contribution in [-0.4, -0.2) is 61.9 Å². The van der Waals surface area contributed by atoms with Crippen molar-refractivity contribution in [1.82, 2.24) is 35.2 Å². The summed E-state index contributed by atoms with van der Waals surface area (Å²) >= 11 is 0. The summed E-state index contributed by atoms with van der Waals surface area (Å²) in [4.78, 5) is 31.1. The molecule has 2 amide bonds. The summed E-state index contributed by atoms with van der Waals surface area (Å²) in [6.45, 7) is 5.16. The van der Waals surface area contributed by atoms with Crippen molar-refractivity contribution >= 4 is 40.0 Å². The molecule has 176 valence electrons. The van der Waals surface area contributed by atoms with Crippen LogP contribution in [0.5, 0.6) is 0 Å². The van der Waals surface area contributed by atoms with E-state index >= 15 is 0 Å². The minimum Gasteiger partial charge on any atom is -0.359 e. The maximum atomic E-state index is 12.9. The van der Waals surface area contributed by atoms with Gasteiger partial charge in [0, 0.05) is 37.3 Å². The van der Waals surface area contributed by atoms with Crippen LogP contribution >= 0.6 is 0 Å². The molecule has 5 rings (SSSR count). The van der Waals surface area contributed by atoms with Crippen LogP contribution in [0.25, 0.3) is 16.7 Å². The second-order valence-corrected chi connectivity index (χ2v) is 7.75. The van der Waals surface area contributed by atoms with Crippen LogP contribution in [0.15, 0.2) is 48.5 Å². The van der Waals surface area contributed by atoms with Crippen LogP contribution in [0.1, 0.15) is 37.0 Å². The van der Waals surface area contributed by atoms with Crippen molar-refractivity contribution in [1.29, 1.82) is 0 Å². The van der Waals surface area contributed by atoms with Crippen molar-refractivity contribution < 1.29 is 9.59 Å². The topological polar surface area (TPSA) is 117 Å². The van der Waals surface area contributed by atoms with Gasteiger partial charge in [0.2, 0.25) is 11.6 Å². The number of carbonyl (C=O) groups excluding carboxylic acids is 2. The van der Waals surface area contributed by atoms with E-state index in [2.05, 4.69) is 31.1 Å². The molecule has 10 heteroatoms. The SMILES string of the molecule is CC.CNC(=O)C1CCN(C(=O)c2ccc(Nc3nc4ccccc4n4nnnc34)cc2)CC1. The number of hydrogen-bond acceptors (Lipinski definition) is 7. The van der Waals surface area contributed by atoms with E-state index in [1.54, 1.807) is 28.6 Å². The zero-order valence-corrected chi connectivity index (χ0v) is 19.5. The molecule has 1 fully saturated rings. The third-order valence-corrected chi connectivity index (χ3v) is 5.82. The zero-order valence-electron chi connectivity index (χ0n) is 19.5. The number of fused-ring (bicyclic) bond motifs is 3. The van der Waals surface area contributed by atoms with Gasteiger partial charge >= 0.3 is 0 Å². The predicted molar refractivity (Wildman–Crippen MR) is 130 cm³/mol. The number of anilines is 2. The summed E-state index contributed by atoms with van der Waals surface area (Å²) in [7, 11) is 1.65. The Labute approximate surface area is 197 Å². The van der Waals surface area contributed by atoms with Gasteiger partial charge in [-0.05, 0) is 59.7 Å². The molecular formula is C24H28N8O2. The van der Waals surface area contributed by atoms with Crippen LogP contribution in [0.4, 0.5) is 11.5 Å². The highest BCUT2D eigenvalue weighted by Crippen LogP contribution is 2.24. The first-order valence-corrected chi connectivity index (χ1v) is 11.5. The van der Waals surface area contributed by atoms with Gasteiger partial charge < -0.3 is 15.5 Å². The smallest absolute Gasteiger partial charge is 0.253 e. The third kappa shape index (κ3) is 4.52. The van der Waals surface area contributed by atoms with Crippen molar-refractivity contribution in [2.24, 2.45) is 5.92 Å². The van der Waals surface area contributed by atoms with E-state index in [4.69, 9.17) is 0 Å². The van der Waals surface area contributed by atoms with E-state index in [9.17, 15) is 9.59 Å². The van der Waals surface area contributed by atoms with E-state index in [1.165, 1.54) is 0 Å². The number of tetrazole rings is 1. The minimum absolute atomic E-state index is 0.0199. The van der Waals surface area contributed by atoms with Crippen LogP contribution in [0, 0.1) is 5.92 Å². The first-order chi connectivity index (χ1) is 16.6. The molecule has 0 saturated carbocycles. The summed E-state index contributed by atoms with van der Waals surface area (Å²) in [5.74, 6) is 0.532. The normalized spacial score (nSPS) is 13.9. The van der Waals surface area contributed by atoms with E-state index in [0.29, 0.717) is 43.0 Å². The highest BCUT2D eigenvalue weighted by atomic mass is 16.2. The monoisotopic (exact) mass is 460 g/mol. The van der Waals surface area contributed by atoms with Gasteiger partial charge in [-0.3, -0.25) is 9.59 Å². The molecule has 0 atom stereocenters. The highest BCUT2D eigenvalue weighted by Gasteiger charge is 2.27. The molecule has 2 N–H and O–H groups in total. The summed E-state index contributed by atoms with van der Waals surface area (Å²) in [6.07, 6.45) is 1.36. The molecule has 0 aliphatic carbocycles. The van der Waals surface area contributed by atoms with Crippen LogP contribution in [0.3, 0.4) is 0 Å². The Morgan fingerprint density at radius 1 is 1.00 bits per heavy atom. The van der Waals surface area contributed by atoms with Crippen LogP contribution < -0.4 is 10.6 Å². The predicted octanol–water partition coefficient (Wildman–Crippen LogP) is 3.04. The maximum absolute atomic E-state index is 12.9. The molecule has 2 aromatic carbocycles. The summed E-state index contributed by atoms with van der Waals surface area (Å²) in [5.41, 5.74) is 3.48. The first kappa shape index (κ1) is 23.1. The van der Waals surface area contributed by atoms with E-state index in [1.807, 2.05) is 50.2 Å². The molecule has 0 unspecified atom stereocenters. The molecule has 1 aliphatic heterocycles. The van der Waals surface area contributed by atoms with Gasteiger partial charge in [0.1, 0.15) is 0 Å². The van der Waals surface area contributed by atoms with Gasteiger partial charge in [0.15, 0.2) is 5.82 Å². The number of benzene rings is 2.